The standard InChI is InChI=1S/C23H21N3O3S/c1-13-15(3)30-22-19(13)21(27)25-20(26-22)14(2)29-23(28)17-11-7-8-12-18(17)24-16-9-5-4-6-10-16/h4-12,14,24H,1-3H3,(H,25,26,27)/t14-/m0/s1. The van der Waals surface area contributed by atoms with Crippen LogP contribution in [0.25, 0.3) is 10.2 Å². The first kappa shape index (κ1) is 19.8. The van der Waals surface area contributed by atoms with Gasteiger partial charge in [-0.05, 0) is 50.6 Å². The van der Waals surface area contributed by atoms with Crippen molar-refractivity contribution in [3.05, 3.63) is 86.8 Å². The Bertz CT molecular complexity index is 1280. The van der Waals surface area contributed by atoms with Gasteiger partial charge in [-0.2, -0.15) is 0 Å². The maximum Gasteiger partial charge on any atom is 0.340 e. The third kappa shape index (κ3) is 3.84. The Morgan fingerprint density at radius 1 is 1.10 bits per heavy atom. The average molecular weight is 420 g/mol. The van der Waals surface area contributed by atoms with Crippen molar-refractivity contribution in [3.8, 4) is 0 Å². The molecule has 152 valence electrons. The molecule has 7 heteroatoms. The molecule has 2 N–H and O–H groups in total. The van der Waals surface area contributed by atoms with Crippen LogP contribution in [0.15, 0.2) is 59.4 Å². The van der Waals surface area contributed by atoms with E-state index in [0.29, 0.717) is 27.3 Å². The Balaban J connectivity index is 1.59. The fourth-order valence-electron chi connectivity index (χ4n) is 3.19. The predicted octanol–water partition coefficient (Wildman–Crippen LogP) is 5.26. The van der Waals surface area contributed by atoms with E-state index in [1.54, 1.807) is 19.1 Å². The van der Waals surface area contributed by atoms with Gasteiger partial charge in [0, 0.05) is 10.6 Å². The van der Waals surface area contributed by atoms with Gasteiger partial charge in [0.05, 0.1) is 16.6 Å². The summed E-state index contributed by atoms with van der Waals surface area (Å²) in [7, 11) is 0. The molecule has 0 saturated heterocycles. The zero-order valence-corrected chi connectivity index (χ0v) is 17.7. The summed E-state index contributed by atoms with van der Waals surface area (Å²) < 4.78 is 5.63. The number of aryl methyl sites for hydroxylation is 2. The van der Waals surface area contributed by atoms with Crippen LogP contribution in [0.1, 0.15) is 39.7 Å². The summed E-state index contributed by atoms with van der Waals surface area (Å²) >= 11 is 1.46. The molecule has 0 saturated carbocycles. The van der Waals surface area contributed by atoms with Crippen LogP contribution in [0.5, 0.6) is 0 Å². The molecule has 0 aliphatic carbocycles. The van der Waals surface area contributed by atoms with Crippen molar-refractivity contribution in [1.82, 2.24) is 9.97 Å². The van der Waals surface area contributed by atoms with Crippen LogP contribution in [-0.4, -0.2) is 15.9 Å². The molecule has 0 spiro atoms. The Hall–Kier alpha value is -3.45. The number of ether oxygens (including phenoxy) is 1. The number of carbonyl (C=O) groups excluding carboxylic acids is 1. The molecule has 0 amide bonds. The largest absolute Gasteiger partial charge is 0.451 e. The van der Waals surface area contributed by atoms with Crippen LogP contribution in [0.3, 0.4) is 0 Å². The van der Waals surface area contributed by atoms with E-state index in [9.17, 15) is 9.59 Å². The second-order valence-corrected chi connectivity index (χ2v) is 8.20. The number of fused-ring (bicyclic) bond motifs is 1. The first-order valence-electron chi connectivity index (χ1n) is 9.56. The number of thiophene rings is 1. The lowest BCUT2D eigenvalue weighted by Crippen LogP contribution is -2.17. The van der Waals surface area contributed by atoms with Gasteiger partial charge < -0.3 is 15.0 Å². The maximum absolute atomic E-state index is 12.9. The summed E-state index contributed by atoms with van der Waals surface area (Å²) in [5.41, 5.74) is 2.62. The SMILES string of the molecule is Cc1sc2nc([C@H](C)OC(=O)c3ccccc3Nc3ccccc3)[nH]c(=O)c2c1C. The molecule has 0 aliphatic rings. The van der Waals surface area contributed by atoms with Crippen LogP contribution >= 0.6 is 11.3 Å². The summed E-state index contributed by atoms with van der Waals surface area (Å²) in [6.45, 7) is 5.56. The highest BCUT2D eigenvalue weighted by atomic mass is 32.1. The molecule has 4 aromatic rings. The molecule has 6 nitrogen and oxygen atoms in total. The highest BCUT2D eigenvalue weighted by Crippen LogP contribution is 2.28. The van der Waals surface area contributed by atoms with Crippen molar-refractivity contribution in [2.75, 3.05) is 5.32 Å². The number of H-pyrrole nitrogens is 1. The Labute approximate surface area is 177 Å². The number of para-hydroxylation sites is 2. The average Bonchev–Trinajstić information content (AvgIpc) is 3.03. The molecule has 2 heterocycles. The Morgan fingerprint density at radius 2 is 1.80 bits per heavy atom. The van der Waals surface area contributed by atoms with Gasteiger partial charge >= 0.3 is 5.97 Å². The van der Waals surface area contributed by atoms with Crippen LogP contribution in [-0.2, 0) is 4.74 Å². The van der Waals surface area contributed by atoms with Crippen LogP contribution < -0.4 is 10.9 Å². The monoisotopic (exact) mass is 419 g/mol. The first-order chi connectivity index (χ1) is 14.4. The fourth-order valence-corrected chi connectivity index (χ4v) is 4.23. The molecule has 2 aromatic heterocycles. The smallest absolute Gasteiger partial charge is 0.340 e. The number of hydrogen-bond acceptors (Lipinski definition) is 6. The molecule has 0 aliphatic heterocycles. The quantitative estimate of drug-likeness (QED) is 0.431. The van der Waals surface area contributed by atoms with Gasteiger partial charge in [0.1, 0.15) is 4.83 Å². The van der Waals surface area contributed by atoms with Crippen molar-refractivity contribution in [1.29, 1.82) is 0 Å². The molecule has 0 unspecified atom stereocenters. The van der Waals surface area contributed by atoms with Gasteiger partial charge in [0.15, 0.2) is 11.9 Å². The topological polar surface area (TPSA) is 84.1 Å². The number of hydrogen-bond donors (Lipinski definition) is 2. The second-order valence-electron chi connectivity index (χ2n) is 7.00. The minimum Gasteiger partial charge on any atom is -0.451 e. The lowest BCUT2D eigenvalue weighted by atomic mass is 10.1. The molecular weight excluding hydrogens is 398 g/mol. The summed E-state index contributed by atoms with van der Waals surface area (Å²) in [4.78, 5) is 34.4. The number of aromatic amines is 1. The van der Waals surface area contributed by atoms with E-state index < -0.39 is 12.1 Å². The highest BCUT2D eigenvalue weighted by molar-refractivity contribution is 7.18. The Morgan fingerprint density at radius 3 is 2.57 bits per heavy atom. The number of benzene rings is 2. The molecule has 1 atom stereocenters. The first-order valence-corrected chi connectivity index (χ1v) is 10.4. The number of anilines is 2. The predicted molar refractivity (Wildman–Crippen MR) is 120 cm³/mol. The number of aromatic nitrogens is 2. The molecule has 4 rings (SSSR count). The van der Waals surface area contributed by atoms with Gasteiger partial charge in [-0.3, -0.25) is 4.79 Å². The normalized spacial score (nSPS) is 12.0. The molecule has 30 heavy (non-hydrogen) atoms. The van der Waals surface area contributed by atoms with E-state index in [-0.39, 0.29) is 5.56 Å². The zero-order chi connectivity index (χ0) is 21.3. The van der Waals surface area contributed by atoms with Gasteiger partial charge in [-0.25, -0.2) is 9.78 Å². The van der Waals surface area contributed by atoms with Crippen molar-refractivity contribution < 1.29 is 9.53 Å². The lowest BCUT2D eigenvalue weighted by molar-refractivity contribution is 0.0321. The molecule has 0 radical (unpaired) electrons. The third-order valence-corrected chi connectivity index (χ3v) is 6.03. The number of esters is 1. The number of nitrogens with zero attached hydrogens (tertiary/aromatic N) is 1. The zero-order valence-electron chi connectivity index (χ0n) is 16.9. The summed E-state index contributed by atoms with van der Waals surface area (Å²) in [6.07, 6.45) is -0.706. The van der Waals surface area contributed by atoms with Crippen molar-refractivity contribution >= 4 is 38.9 Å². The molecular formula is C23H21N3O3S. The minimum absolute atomic E-state index is 0.217. The van der Waals surface area contributed by atoms with Gasteiger partial charge in [-0.1, -0.05) is 30.3 Å². The van der Waals surface area contributed by atoms with E-state index in [1.165, 1.54) is 11.3 Å². The van der Waals surface area contributed by atoms with E-state index in [2.05, 4.69) is 15.3 Å². The minimum atomic E-state index is -0.706. The van der Waals surface area contributed by atoms with Crippen molar-refractivity contribution in [2.24, 2.45) is 0 Å². The van der Waals surface area contributed by atoms with Gasteiger partial charge in [-0.15, -0.1) is 11.3 Å². The fraction of sp³-hybridized carbons (Fsp3) is 0.174. The summed E-state index contributed by atoms with van der Waals surface area (Å²) in [5.74, 6) is -0.168. The highest BCUT2D eigenvalue weighted by Gasteiger charge is 2.20. The van der Waals surface area contributed by atoms with Gasteiger partial charge in [0.2, 0.25) is 0 Å². The Kier molecular flexibility index (Phi) is 5.37. The maximum atomic E-state index is 12.9. The number of rotatable bonds is 5. The van der Waals surface area contributed by atoms with E-state index in [0.717, 1.165) is 16.1 Å². The van der Waals surface area contributed by atoms with Crippen molar-refractivity contribution in [2.45, 2.75) is 26.9 Å². The van der Waals surface area contributed by atoms with Crippen LogP contribution in [0.2, 0.25) is 0 Å². The number of nitrogens with one attached hydrogen (secondary N) is 2. The van der Waals surface area contributed by atoms with E-state index in [4.69, 9.17) is 4.74 Å². The van der Waals surface area contributed by atoms with Gasteiger partial charge in [0.25, 0.3) is 5.56 Å². The summed E-state index contributed by atoms with van der Waals surface area (Å²) in [6, 6.07) is 16.7. The second kappa shape index (κ2) is 8.12. The number of carbonyl (C=O) groups is 1. The molecule has 0 bridgehead atoms. The van der Waals surface area contributed by atoms with Crippen LogP contribution in [0, 0.1) is 13.8 Å². The molecule has 2 aromatic carbocycles. The van der Waals surface area contributed by atoms with Crippen LogP contribution in [0.4, 0.5) is 11.4 Å². The van der Waals surface area contributed by atoms with E-state index >= 15 is 0 Å². The van der Waals surface area contributed by atoms with Crippen molar-refractivity contribution in [3.63, 3.8) is 0 Å². The lowest BCUT2D eigenvalue weighted by Gasteiger charge is -2.15. The molecule has 0 fully saturated rings. The summed E-state index contributed by atoms with van der Waals surface area (Å²) in [5, 5.41) is 3.83. The third-order valence-electron chi connectivity index (χ3n) is 4.93. The van der Waals surface area contributed by atoms with E-state index in [1.807, 2.05) is 56.3 Å².